The summed E-state index contributed by atoms with van der Waals surface area (Å²) in [6.45, 7) is 2.25. The molecule has 0 amide bonds. The van der Waals surface area contributed by atoms with E-state index in [2.05, 4.69) is 10.1 Å². The van der Waals surface area contributed by atoms with Crippen molar-refractivity contribution in [3.63, 3.8) is 0 Å². The maximum Gasteiger partial charge on any atom is 0.305 e. The molecule has 0 radical (unpaired) electrons. The van der Waals surface area contributed by atoms with Crippen molar-refractivity contribution >= 4 is 5.97 Å². The highest BCUT2D eigenvalue weighted by molar-refractivity contribution is 5.67. The van der Waals surface area contributed by atoms with Crippen molar-refractivity contribution in [2.75, 3.05) is 19.8 Å². The van der Waals surface area contributed by atoms with E-state index in [1.807, 2.05) is 4.90 Å². The minimum absolute atomic E-state index is 0.0730. The molecule has 104 valence electrons. The molecule has 0 spiro atoms. The van der Waals surface area contributed by atoms with Crippen LogP contribution in [0.2, 0.25) is 0 Å². The Morgan fingerprint density at radius 2 is 2.32 bits per heavy atom. The van der Waals surface area contributed by atoms with Crippen LogP contribution in [0.4, 0.5) is 0 Å². The number of hydrogen-bond donors (Lipinski definition) is 1. The fourth-order valence-electron chi connectivity index (χ4n) is 2.30. The largest absolute Gasteiger partial charge is 0.481 e. The van der Waals surface area contributed by atoms with Crippen molar-refractivity contribution in [1.82, 2.24) is 15.0 Å². The second kappa shape index (κ2) is 5.26. The Balaban J connectivity index is 1.63. The first-order valence-electron chi connectivity index (χ1n) is 6.58. The molecule has 3 rings (SSSR count). The molecule has 2 fully saturated rings. The van der Waals surface area contributed by atoms with Crippen molar-refractivity contribution in [2.45, 2.75) is 37.8 Å². The third-order valence-corrected chi connectivity index (χ3v) is 3.52. The summed E-state index contributed by atoms with van der Waals surface area (Å²) in [7, 11) is 0. The van der Waals surface area contributed by atoms with Gasteiger partial charge in [-0.2, -0.15) is 4.98 Å². The Morgan fingerprint density at radius 3 is 3.05 bits per heavy atom. The first kappa shape index (κ1) is 12.6. The van der Waals surface area contributed by atoms with E-state index in [0.717, 1.165) is 18.7 Å². The van der Waals surface area contributed by atoms with Gasteiger partial charge in [0.2, 0.25) is 5.89 Å². The van der Waals surface area contributed by atoms with Crippen LogP contribution >= 0.6 is 0 Å². The molecule has 19 heavy (non-hydrogen) atoms. The molecule has 2 aliphatic rings. The molecule has 1 aliphatic carbocycles. The zero-order valence-electron chi connectivity index (χ0n) is 10.6. The molecule has 7 heteroatoms. The molecule has 1 atom stereocenters. The molecule has 1 saturated heterocycles. The third kappa shape index (κ3) is 3.10. The van der Waals surface area contributed by atoms with E-state index in [1.165, 1.54) is 0 Å². The van der Waals surface area contributed by atoms with Crippen molar-refractivity contribution < 1.29 is 19.2 Å². The average molecular weight is 267 g/mol. The molecule has 7 nitrogen and oxygen atoms in total. The van der Waals surface area contributed by atoms with E-state index < -0.39 is 5.97 Å². The number of ether oxygens (including phenoxy) is 1. The van der Waals surface area contributed by atoms with Gasteiger partial charge in [-0.25, -0.2) is 0 Å². The van der Waals surface area contributed by atoms with Crippen LogP contribution in [0, 0.1) is 0 Å². The van der Waals surface area contributed by atoms with Crippen molar-refractivity contribution in [3.05, 3.63) is 11.7 Å². The van der Waals surface area contributed by atoms with Crippen LogP contribution < -0.4 is 0 Å². The molecular formula is C12H17N3O4. The Hall–Kier alpha value is -1.47. The molecular weight excluding hydrogens is 250 g/mol. The molecule has 1 saturated carbocycles. The highest BCUT2D eigenvalue weighted by atomic mass is 16.5. The average Bonchev–Trinajstić information content (AvgIpc) is 3.12. The van der Waals surface area contributed by atoms with E-state index >= 15 is 0 Å². The smallest absolute Gasteiger partial charge is 0.305 e. The lowest BCUT2D eigenvalue weighted by Crippen LogP contribution is -2.45. The van der Waals surface area contributed by atoms with Gasteiger partial charge < -0.3 is 14.4 Å². The van der Waals surface area contributed by atoms with Gasteiger partial charge in [-0.15, -0.1) is 0 Å². The number of nitrogens with zero attached hydrogens (tertiary/aromatic N) is 3. The van der Waals surface area contributed by atoms with Crippen molar-refractivity contribution in [1.29, 1.82) is 0 Å². The summed E-state index contributed by atoms with van der Waals surface area (Å²) < 4.78 is 10.6. The maximum absolute atomic E-state index is 10.8. The number of rotatable bonds is 5. The lowest BCUT2D eigenvalue weighted by Gasteiger charge is -2.33. The summed E-state index contributed by atoms with van der Waals surface area (Å²) >= 11 is 0. The van der Waals surface area contributed by atoms with E-state index in [-0.39, 0.29) is 12.5 Å². The van der Waals surface area contributed by atoms with Crippen LogP contribution in [0.5, 0.6) is 0 Å². The quantitative estimate of drug-likeness (QED) is 0.836. The highest BCUT2D eigenvalue weighted by Gasteiger charge is 2.30. The van der Waals surface area contributed by atoms with E-state index in [4.69, 9.17) is 14.4 Å². The second-order valence-electron chi connectivity index (χ2n) is 5.12. The van der Waals surface area contributed by atoms with Gasteiger partial charge in [-0.05, 0) is 12.8 Å². The monoisotopic (exact) mass is 267 g/mol. The van der Waals surface area contributed by atoms with Gasteiger partial charge in [0.15, 0.2) is 5.82 Å². The Bertz CT molecular complexity index is 458. The van der Waals surface area contributed by atoms with Gasteiger partial charge in [0, 0.05) is 18.5 Å². The molecule has 0 aromatic carbocycles. The summed E-state index contributed by atoms with van der Waals surface area (Å²) in [5.41, 5.74) is 0. The van der Waals surface area contributed by atoms with E-state index in [1.54, 1.807) is 0 Å². The van der Waals surface area contributed by atoms with E-state index in [9.17, 15) is 4.79 Å². The molecule has 2 heterocycles. The molecule has 0 bridgehead atoms. The fourth-order valence-corrected chi connectivity index (χ4v) is 2.30. The standard InChI is InChI=1S/C12H17N3O4/c16-11(17)5-9-7-18-4-3-15(9)6-10-13-12(14-19-10)8-1-2-8/h8-9H,1-7H2,(H,16,17). The number of morpholine rings is 1. The predicted molar refractivity (Wildman–Crippen MR) is 63.5 cm³/mol. The SMILES string of the molecule is O=C(O)CC1COCCN1Cc1nc(C2CC2)no1. The van der Waals surface area contributed by atoms with Gasteiger partial charge in [-0.3, -0.25) is 9.69 Å². The number of hydrogen-bond acceptors (Lipinski definition) is 6. The number of carbonyl (C=O) groups is 1. The highest BCUT2D eigenvalue weighted by Crippen LogP contribution is 2.38. The zero-order chi connectivity index (χ0) is 13.2. The second-order valence-corrected chi connectivity index (χ2v) is 5.12. The summed E-state index contributed by atoms with van der Waals surface area (Å²) in [5, 5.41) is 12.9. The Kier molecular flexibility index (Phi) is 3.48. The summed E-state index contributed by atoms with van der Waals surface area (Å²) in [6.07, 6.45) is 2.35. The maximum atomic E-state index is 10.8. The molecule has 1 aliphatic heterocycles. The number of aromatic nitrogens is 2. The number of aliphatic carboxylic acids is 1. The van der Waals surface area contributed by atoms with Crippen molar-refractivity contribution in [3.8, 4) is 0 Å². The third-order valence-electron chi connectivity index (χ3n) is 3.52. The van der Waals surface area contributed by atoms with Crippen LogP contribution in [0.25, 0.3) is 0 Å². The summed E-state index contributed by atoms with van der Waals surface area (Å²) in [5.74, 6) is 1.01. The predicted octanol–water partition coefficient (Wildman–Crippen LogP) is 0.622. The topological polar surface area (TPSA) is 88.7 Å². The Labute approximate surface area is 110 Å². The zero-order valence-corrected chi connectivity index (χ0v) is 10.6. The lowest BCUT2D eigenvalue weighted by atomic mass is 10.1. The van der Waals surface area contributed by atoms with Crippen LogP contribution in [0.3, 0.4) is 0 Å². The van der Waals surface area contributed by atoms with Crippen LogP contribution in [0.1, 0.15) is 36.9 Å². The molecule has 1 aromatic rings. The first-order valence-corrected chi connectivity index (χ1v) is 6.58. The number of carboxylic acid groups (broad SMARTS) is 1. The van der Waals surface area contributed by atoms with Crippen LogP contribution in [0.15, 0.2) is 4.52 Å². The van der Waals surface area contributed by atoms with E-state index in [0.29, 0.717) is 38.1 Å². The van der Waals surface area contributed by atoms with Crippen LogP contribution in [-0.4, -0.2) is 51.9 Å². The van der Waals surface area contributed by atoms with Gasteiger partial charge in [0.05, 0.1) is 26.2 Å². The Morgan fingerprint density at radius 1 is 1.47 bits per heavy atom. The van der Waals surface area contributed by atoms with Crippen LogP contribution in [-0.2, 0) is 16.1 Å². The fraction of sp³-hybridized carbons (Fsp3) is 0.750. The lowest BCUT2D eigenvalue weighted by molar-refractivity contribution is -0.140. The molecule has 1 aromatic heterocycles. The molecule has 1 N–H and O–H groups in total. The van der Waals surface area contributed by atoms with Gasteiger partial charge in [0.1, 0.15) is 0 Å². The van der Waals surface area contributed by atoms with Gasteiger partial charge in [0.25, 0.3) is 0 Å². The minimum atomic E-state index is -0.815. The van der Waals surface area contributed by atoms with Crippen molar-refractivity contribution in [2.24, 2.45) is 0 Å². The van der Waals surface area contributed by atoms with Gasteiger partial charge >= 0.3 is 5.97 Å². The number of carboxylic acids is 1. The van der Waals surface area contributed by atoms with Gasteiger partial charge in [-0.1, -0.05) is 5.16 Å². The summed E-state index contributed by atoms with van der Waals surface area (Å²) in [4.78, 5) is 17.2. The normalized spacial score (nSPS) is 24.5. The summed E-state index contributed by atoms with van der Waals surface area (Å²) in [6, 6.07) is -0.123. The molecule has 1 unspecified atom stereocenters. The first-order chi connectivity index (χ1) is 9.22. The minimum Gasteiger partial charge on any atom is -0.481 e.